The topological polar surface area (TPSA) is 0 Å². The summed E-state index contributed by atoms with van der Waals surface area (Å²) in [4.78, 5) is 0. The van der Waals surface area contributed by atoms with Gasteiger partial charge in [-0.25, -0.2) is 13.2 Å². The lowest BCUT2D eigenvalue weighted by atomic mass is 9.71. The number of allylic oxidation sites excluding steroid dienone is 2. The molecule has 0 saturated carbocycles. The van der Waals surface area contributed by atoms with Crippen molar-refractivity contribution in [3.63, 3.8) is 0 Å². The summed E-state index contributed by atoms with van der Waals surface area (Å²) in [5.74, 6) is -29.4. The first-order valence-corrected chi connectivity index (χ1v) is 5.90. The van der Waals surface area contributed by atoms with Gasteiger partial charge in [-0.05, 0) is 0 Å². The van der Waals surface area contributed by atoms with Crippen LogP contribution < -0.4 is 0 Å². The summed E-state index contributed by atoms with van der Waals surface area (Å²) in [5, 5.41) is 0. The van der Waals surface area contributed by atoms with Crippen molar-refractivity contribution < 1.29 is 79.0 Å². The van der Waals surface area contributed by atoms with E-state index in [9.17, 15) is 79.0 Å². The van der Waals surface area contributed by atoms with Crippen LogP contribution in [0.2, 0.25) is 0 Å². The van der Waals surface area contributed by atoms with Crippen LogP contribution in [-0.2, 0) is 0 Å². The molecule has 0 radical (unpaired) electrons. The molecule has 0 aliphatic heterocycles. The standard InChI is InChI=1S/C10F18/c11-2-1(3(12,8(20,21)22)9(23,24)25)4(13,14)7(18,19)6(17,5(2,15)16)10(26,27)28. The monoisotopic (exact) mass is 462 g/mol. The number of hydrogen-bond acceptors (Lipinski definition) is 0. The molecule has 1 rings (SSSR count). The second-order valence-electron chi connectivity index (χ2n) is 5.22. The van der Waals surface area contributed by atoms with Gasteiger partial charge in [0.1, 0.15) is 0 Å². The molecule has 28 heavy (non-hydrogen) atoms. The van der Waals surface area contributed by atoms with Gasteiger partial charge >= 0.3 is 47.6 Å². The normalized spacial score (nSPS) is 28.5. The minimum Gasteiger partial charge on any atom is -0.219 e. The Balaban J connectivity index is 4.28. The summed E-state index contributed by atoms with van der Waals surface area (Å²) < 4.78 is 232. The van der Waals surface area contributed by atoms with Gasteiger partial charge in [0, 0.05) is 0 Å². The largest absolute Gasteiger partial charge is 0.435 e. The Morgan fingerprint density at radius 3 is 1.11 bits per heavy atom. The Labute approximate surface area is 139 Å². The third-order valence-corrected chi connectivity index (χ3v) is 3.59. The van der Waals surface area contributed by atoms with E-state index in [-0.39, 0.29) is 0 Å². The highest BCUT2D eigenvalue weighted by molar-refractivity contribution is 5.45. The van der Waals surface area contributed by atoms with Gasteiger partial charge in [-0.15, -0.1) is 0 Å². The quantitative estimate of drug-likeness (QED) is 0.406. The molecule has 1 atom stereocenters. The molecule has 0 bridgehead atoms. The van der Waals surface area contributed by atoms with Crippen LogP contribution in [0.15, 0.2) is 11.4 Å². The number of hydrogen-bond donors (Lipinski definition) is 0. The lowest BCUT2D eigenvalue weighted by molar-refractivity contribution is -0.410. The molecular weight excluding hydrogens is 462 g/mol. The van der Waals surface area contributed by atoms with Gasteiger partial charge in [-0.2, -0.15) is 65.9 Å². The Morgan fingerprint density at radius 1 is 0.536 bits per heavy atom. The minimum absolute atomic E-state index is 5.35. The average Bonchev–Trinajstić information content (AvgIpc) is 2.40. The molecule has 0 aromatic carbocycles. The van der Waals surface area contributed by atoms with Crippen LogP contribution in [0.3, 0.4) is 0 Å². The van der Waals surface area contributed by atoms with E-state index in [1.165, 1.54) is 0 Å². The first-order valence-electron chi connectivity index (χ1n) is 5.90. The van der Waals surface area contributed by atoms with Gasteiger partial charge in [0.15, 0.2) is 5.83 Å². The first kappa shape index (κ1) is 24.5. The molecule has 0 N–H and O–H groups in total. The van der Waals surface area contributed by atoms with Crippen molar-refractivity contribution in [2.45, 2.75) is 47.6 Å². The molecule has 0 saturated heterocycles. The van der Waals surface area contributed by atoms with E-state index in [4.69, 9.17) is 0 Å². The lowest BCUT2D eigenvalue weighted by Crippen LogP contribution is -2.77. The predicted octanol–water partition coefficient (Wildman–Crippen LogP) is 6.23. The molecule has 0 aromatic heterocycles. The van der Waals surface area contributed by atoms with E-state index in [0.717, 1.165) is 0 Å². The Bertz CT molecular complexity index is 656. The summed E-state index contributed by atoms with van der Waals surface area (Å²) >= 11 is 0. The highest BCUT2D eigenvalue weighted by Crippen LogP contribution is 2.70. The molecule has 0 amide bonds. The van der Waals surface area contributed by atoms with Crippen molar-refractivity contribution in [2.24, 2.45) is 0 Å². The first-order chi connectivity index (χ1) is 11.8. The number of alkyl halides is 17. The van der Waals surface area contributed by atoms with Crippen LogP contribution in [0.5, 0.6) is 0 Å². The molecule has 0 heterocycles. The zero-order valence-electron chi connectivity index (χ0n) is 11.8. The van der Waals surface area contributed by atoms with E-state index in [0.29, 0.717) is 0 Å². The Hall–Kier alpha value is -1.52. The van der Waals surface area contributed by atoms with Crippen molar-refractivity contribution in [3.8, 4) is 0 Å². The third kappa shape index (κ3) is 2.43. The summed E-state index contributed by atoms with van der Waals surface area (Å²) in [6, 6.07) is 0. The van der Waals surface area contributed by atoms with Crippen LogP contribution in [0, 0.1) is 0 Å². The predicted molar refractivity (Wildman–Crippen MR) is 48.8 cm³/mol. The van der Waals surface area contributed by atoms with Gasteiger partial charge in [-0.1, -0.05) is 0 Å². The number of halogens is 18. The van der Waals surface area contributed by atoms with Crippen molar-refractivity contribution in [1.82, 2.24) is 0 Å². The van der Waals surface area contributed by atoms with E-state index in [2.05, 4.69) is 0 Å². The highest BCUT2D eigenvalue weighted by Gasteiger charge is 2.96. The Kier molecular flexibility index (Phi) is 4.85. The fraction of sp³-hybridized carbons (Fsp3) is 0.800. The second kappa shape index (κ2) is 5.54. The fourth-order valence-corrected chi connectivity index (χ4v) is 2.18. The van der Waals surface area contributed by atoms with Crippen molar-refractivity contribution in [3.05, 3.63) is 11.4 Å². The summed E-state index contributed by atoms with van der Waals surface area (Å²) in [6.45, 7) is 0. The molecule has 0 nitrogen and oxygen atoms in total. The summed E-state index contributed by atoms with van der Waals surface area (Å²) in [7, 11) is 0. The van der Waals surface area contributed by atoms with E-state index in [1.807, 2.05) is 0 Å². The fourth-order valence-electron chi connectivity index (χ4n) is 2.18. The maximum atomic E-state index is 13.6. The molecule has 166 valence electrons. The molecule has 1 unspecified atom stereocenters. The van der Waals surface area contributed by atoms with Crippen molar-refractivity contribution in [1.29, 1.82) is 0 Å². The zero-order chi connectivity index (χ0) is 23.2. The molecule has 0 aromatic rings. The molecule has 0 spiro atoms. The maximum absolute atomic E-state index is 13.6. The van der Waals surface area contributed by atoms with Crippen LogP contribution in [0.4, 0.5) is 79.0 Å². The van der Waals surface area contributed by atoms with Gasteiger partial charge in [0.05, 0.1) is 5.57 Å². The van der Waals surface area contributed by atoms with Crippen LogP contribution in [0.1, 0.15) is 0 Å². The second-order valence-corrected chi connectivity index (χ2v) is 5.22. The summed E-state index contributed by atoms with van der Waals surface area (Å²) in [5.41, 5.74) is -21.5. The van der Waals surface area contributed by atoms with E-state index >= 15 is 0 Å². The minimum atomic E-state index is -8.22. The zero-order valence-corrected chi connectivity index (χ0v) is 11.8. The van der Waals surface area contributed by atoms with Crippen LogP contribution in [0.25, 0.3) is 0 Å². The van der Waals surface area contributed by atoms with Gasteiger partial charge < -0.3 is 0 Å². The molecule has 0 fully saturated rings. The molecular formula is C10F18. The lowest BCUT2D eigenvalue weighted by Gasteiger charge is -2.48. The third-order valence-electron chi connectivity index (χ3n) is 3.59. The van der Waals surface area contributed by atoms with Gasteiger partial charge in [0.2, 0.25) is 0 Å². The molecule has 18 heteroatoms. The SMILES string of the molecule is FC1=C(C(F)(C(F)(F)F)C(F)(F)F)C(F)(F)C(F)(F)C(F)(C(F)(F)F)C1(F)F. The van der Waals surface area contributed by atoms with Crippen LogP contribution >= 0.6 is 0 Å². The van der Waals surface area contributed by atoms with Crippen molar-refractivity contribution in [2.75, 3.05) is 0 Å². The number of rotatable bonds is 1. The molecule has 1 aliphatic rings. The smallest absolute Gasteiger partial charge is 0.219 e. The van der Waals surface area contributed by atoms with Gasteiger partial charge in [0.25, 0.3) is 0 Å². The van der Waals surface area contributed by atoms with Crippen LogP contribution in [-0.4, -0.2) is 47.6 Å². The van der Waals surface area contributed by atoms with Gasteiger partial charge in [-0.3, -0.25) is 0 Å². The maximum Gasteiger partial charge on any atom is 0.435 e. The summed E-state index contributed by atoms with van der Waals surface area (Å²) in [6.07, 6.45) is -23.7. The van der Waals surface area contributed by atoms with Crippen molar-refractivity contribution >= 4 is 0 Å². The average molecular weight is 462 g/mol. The highest BCUT2D eigenvalue weighted by atomic mass is 19.4. The van der Waals surface area contributed by atoms with E-state index in [1.54, 1.807) is 0 Å². The molecule has 1 aliphatic carbocycles. The Morgan fingerprint density at radius 2 is 0.857 bits per heavy atom. The van der Waals surface area contributed by atoms with E-state index < -0.39 is 59.0 Å².